The van der Waals surface area contributed by atoms with Crippen LogP contribution in [0.5, 0.6) is 46.0 Å². The maximum absolute atomic E-state index is 15.9. The van der Waals surface area contributed by atoms with Gasteiger partial charge < -0.3 is 35.7 Å². The van der Waals surface area contributed by atoms with E-state index in [1.807, 2.05) is 79.7 Å². The summed E-state index contributed by atoms with van der Waals surface area (Å²) < 4.78 is 182. The van der Waals surface area contributed by atoms with Gasteiger partial charge in [-0.3, -0.25) is 19.2 Å². The summed E-state index contributed by atoms with van der Waals surface area (Å²) in [5.74, 6) is -6.23. The molecule has 9 aliphatic carbocycles. The number of carbonyl (C=O) groups excluding carboxylic acids is 4. The average molecular weight is 1790 g/mol. The van der Waals surface area contributed by atoms with Gasteiger partial charge in [0.2, 0.25) is 0 Å². The fourth-order valence-electron chi connectivity index (χ4n) is 25.6. The monoisotopic (exact) mass is 1790 g/mol. The zero-order valence-electron chi connectivity index (χ0n) is 77.3. The Morgan fingerprint density at radius 3 is 0.597 bits per heavy atom. The molecule has 0 amide bonds. The predicted molar refractivity (Wildman–Crippen MR) is 485 cm³/mol. The molecule has 20 nitrogen and oxygen atoms in total. The summed E-state index contributed by atoms with van der Waals surface area (Å²) in [4.78, 5) is 58.2. The molecular formula is C100H144O20S4. The Bertz CT molecular complexity index is 4490. The van der Waals surface area contributed by atoms with Crippen LogP contribution in [0.3, 0.4) is 0 Å². The van der Waals surface area contributed by atoms with E-state index in [2.05, 4.69) is 27.7 Å². The van der Waals surface area contributed by atoms with Crippen molar-refractivity contribution in [2.45, 2.75) is 338 Å². The van der Waals surface area contributed by atoms with Gasteiger partial charge in [0.15, 0.2) is 0 Å². The fourth-order valence-corrected chi connectivity index (χ4v) is 32.6. The third kappa shape index (κ3) is 17.7. The van der Waals surface area contributed by atoms with Gasteiger partial charge in [0, 0.05) is 118 Å². The van der Waals surface area contributed by atoms with Gasteiger partial charge >= 0.3 is 40.5 Å². The van der Waals surface area contributed by atoms with E-state index in [0.717, 1.165) is 103 Å². The predicted octanol–water partition coefficient (Wildman–Crippen LogP) is 22.4. The van der Waals surface area contributed by atoms with E-state index < -0.39 is 130 Å². The first-order valence-corrected chi connectivity index (χ1v) is 53.6. The number of unbranched alkanes of at least 4 members (excludes halogenated alkanes) is 16. The molecule has 16 bridgehead atoms. The van der Waals surface area contributed by atoms with Crippen LogP contribution in [-0.4, -0.2) is 108 Å². The number of ether oxygens (including phenoxy) is 4. The number of hydrogen-bond acceptors (Lipinski definition) is 20. The van der Waals surface area contributed by atoms with Crippen molar-refractivity contribution in [3.05, 3.63) is 93.0 Å². The molecule has 0 saturated heterocycles. The maximum atomic E-state index is 15.9. The van der Waals surface area contributed by atoms with Crippen LogP contribution in [0.1, 0.15) is 382 Å². The van der Waals surface area contributed by atoms with Crippen molar-refractivity contribution < 1.29 is 88.5 Å². The van der Waals surface area contributed by atoms with Gasteiger partial charge in [0.1, 0.15) is 69.1 Å². The van der Waals surface area contributed by atoms with Crippen LogP contribution in [0.25, 0.3) is 0 Å². The van der Waals surface area contributed by atoms with Crippen LogP contribution in [0, 0.1) is 67.0 Å². The van der Waals surface area contributed by atoms with Crippen molar-refractivity contribution in [3.8, 4) is 46.0 Å². The Morgan fingerprint density at radius 2 is 0.444 bits per heavy atom. The van der Waals surface area contributed by atoms with Gasteiger partial charge in [0.05, 0.1) is 73.1 Å². The first-order valence-electron chi connectivity index (χ1n) is 47.3. The molecule has 4 aromatic carbocycles. The second-order valence-corrected chi connectivity index (χ2v) is 47.6. The molecule has 4 aromatic rings. The SMILES string of the molecule is CCCCCCC[C@H]1c2cc(c(OS(=O)(=O)C[C@]34CC[C@H](CC3=O)C4(C)C)cc2OC)[C@@H](CCCCCCC)c2cc(c(OS(=O)(=O)C[C@]34CC[C@H](CC3=O)C4(C)C)cc2OC)[C@@H](CCCCCCC)c2cc(c(OS(=O)(=O)C[C@]34CC[C@H](CC3=O)C4(C)C)cc2OC)[C@@H](CCCCCCC)c2cc1c(OS(=O)(=O)C[C@]13CC[C@H](CC1=O)C3(C)C)cc2OC. The van der Waals surface area contributed by atoms with Gasteiger partial charge in [-0.1, -0.05) is 212 Å². The summed E-state index contributed by atoms with van der Waals surface area (Å²) in [7, 11) is -13.0. The lowest BCUT2D eigenvalue weighted by molar-refractivity contribution is -0.128. The van der Waals surface area contributed by atoms with Crippen LogP contribution in [0.2, 0.25) is 0 Å². The third-order valence-electron chi connectivity index (χ3n) is 34.0. The zero-order chi connectivity index (χ0) is 89.8. The average Bonchev–Trinajstić information content (AvgIpc) is 1.55. The highest BCUT2D eigenvalue weighted by Crippen LogP contribution is 2.69. The number of hydrogen-bond donors (Lipinski definition) is 0. The standard InChI is InChI=1S/C100H144O20S4/c1-17-21-25-29-33-37-69-73-53-78(86(57-81(73)113-13)118-122(107,108)62-98-46-42-66(50-90(98)102)94(98,7)8)71(39-35-31-27-23-19-3)75-55-80(88(59-83(75)115-15)120-124(111,112)64-100-48-44-68(52-92(100)104)96(100,11)12)72(40-36-32-28-24-20-4)76-56-79(87(60-84(76)116-16)119-123(109,110)63-99-47-43-67(51-91(99)103)95(99,9)10)70(38-34-30-26-22-18-2)74-54-77(69)85(58-82(74)114-14)117-121(105,106)61-97-45-41-65(49-89(97)101)93(97,5)6/h53-60,65-72H,17-52,61-64H2,1-16H3/t65-,66-,67-,68-,69+,70+,71+,72+,97-,98-,99-,100-/m1/s1. The Labute approximate surface area is 742 Å². The lowest BCUT2D eigenvalue weighted by Crippen LogP contribution is -2.43. The Kier molecular flexibility index (Phi) is 28.4. The van der Waals surface area contributed by atoms with Crippen LogP contribution < -0.4 is 35.7 Å². The number of ketones is 4. The molecule has 24 heteroatoms. The molecule has 0 aliphatic heterocycles. The van der Waals surface area contributed by atoms with Crippen molar-refractivity contribution in [3.63, 3.8) is 0 Å². The first-order chi connectivity index (χ1) is 58.6. The summed E-state index contributed by atoms with van der Waals surface area (Å²) in [5.41, 5.74) is -4.27. The minimum atomic E-state index is -4.75. The highest BCUT2D eigenvalue weighted by molar-refractivity contribution is 7.88. The number of rotatable bonds is 44. The number of methoxy groups -OCH3 is 4. The summed E-state index contributed by atoms with van der Waals surface area (Å²) >= 11 is 0. The molecule has 8 fully saturated rings. The first kappa shape index (κ1) is 95.3. The summed E-state index contributed by atoms with van der Waals surface area (Å²) in [5, 5.41) is 0. The molecule has 0 radical (unpaired) electrons. The van der Waals surface area contributed by atoms with E-state index in [1.54, 1.807) is 24.3 Å². The number of fused-ring (bicyclic) bond motifs is 16. The minimum absolute atomic E-state index is 0.0248. The Morgan fingerprint density at radius 1 is 0.266 bits per heavy atom. The van der Waals surface area contributed by atoms with Crippen molar-refractivity contribution in [1.29, 1.82) is 0 Å². The van der Waals surface area contributed by atoms with Crippen LogP contribution >= 0.6 is 0 Å². The number of Topliss-reactive ketones (excluding diaryl/α,β-unsaturated/α-hetero) is 4. The molecule has 124 heavy (non-hydrogen) atoms. The van der Waals surface area contributed by atoms with E-state index in [-0.39, 0.29) is 118 Å². The second kappa shape index (κ2) is 37.0. The maximum Gasteiger partial charge on any atom is 0.310 e. The Balaban J connectivity index is 1.16. The van der Waals surface area contributed by atoms with Crippen molar-refractivity contribution in [1.82, 2.24) is 0 Å². The molecule has 12 atom stereocenters. The molecular weight excluding hydrogens is 1650 g/mol. The van der Waals surface area contributed by atoms with E-state index in [4.69, 9.17) is 35.7 Å². The third-order valence-corrected chi connectivity index (χ3v) is 39.1. The summed E-state index contributed by atoms with van der Waals surface area (Å²) in [6.07, 6.45) is 22.5. The van der Waals surface area contributed by atoms with Crippen LogP contribution in [0.15, 0.2) is 48.5 Å². The summed E-state index contributed by atoms with van der Waals surface area (Å²) in [6, 6.07) is 14.2. The van der Waals surface area contributed by atoms with Gasteiger partial charge in [-0.25, -0.2) is 0 Å². The van der Waals surface area contributed by atoms with Gasteiger partial charge in [-0.2, -0.15) is 33.7 Å². The topological polar surface area (TPSA) is 279 Å². The van der Waals surface area contributed by atoms with Crippen LogP contribution in [-0.2, 0) is 59.7 Å². The molecule has 0 N–H and O–H groups in total. The number of carbonyl (C=O) groups is 4. The molecule has 0 heterocycles. The van der Waals surface area contributed by atoms with Gasteiger partial charge in [-0.05, 0) is 147 Å². The van der Waals surface area contributed by atoms with Crippen molar-refractivity contribution in [2.75, 3.05) is 51.5 Å². The zero-order valence-corrected chi connectivity index (χ0v) is 80.6. The fraction of sp³-hybridized carbons (Fsp3) is 0.720. The molecule has 0 unspecified atom stereocenters. The molecule has 9 aliphatic rings. The highest BCUT2D eigenvalue weighted by atomic mass is 32.2. The lowest BCUT2D eigenvalue weighted by atomic mass is 9.70. The van der Waals surface area contributed by atoms with Crippen LogP contribution in [0.4, 0.5) is 0 Å². The van der Waals surface area contributed by atoms with Gasteiger partial charge in [-0.15, -0.1) is 0 Å². The van der Waals surface area contributed by atoms with Gasteiger partial charge in [0.25, 0.3) is 0 Å². The van der Waals surface area contributed by atoms with E-state index in [9.17, 15) is 19.2 Å². The second-order valence-electron chi connectivity index (χ2n) is 41.4. The Hall–Kier alpha value is -6.24. The van der Waals surface area contributed by atoms with E-state index >= 15 is 33.7 Å². The molecule has 0 spiro atoms. The van der Waals surface area contributed by atoms with Crippen molar-refractivity contribution in [2.24, 2.45) is 67.0 Å². The molecule has 0 aromatic heterocycles. The van der Waals surface area contributed by atoms with Crippen molar-refractivity contribution >= 4 is 63.6 Å². The van der Waals surface area contributed by atoms with E-state index in [0.29, 0.717) is 147 Å². The molecule has 13 rings (SSSR count). The number of benzene rings is 4. The minimum Gasteiger partial charge on any atom is -0.496 e. The lowest BCUT2D eigenvalue weighted by Gasteiger charge is -2.36. The molecule has 8 saturated carbocycles. The normalized spacial score (nSPS) is 27.9. The van der Waals surface area contributed by atoms with E-state index in [1.165, 1.54) is 28.4 Å². The quantitative estimate of drug-likeness (QED) is 0.0294. The highest BCUT2D eigenvalue weighted by Gasteiger charge is 2.70. The smallest absolute Gasteiger partial charge is 0.310 e. The summed E-state index contributed by atoms with van der Waals surface area (Å²) in [6.45, 7) is 24.5. The largest absolute Gasteiger partial charge is 0.496 e. The molecule has 688 valence electrons.